The van der Waals surface area contributed by atoms with E-state index in [0.29, 0.717) is 24.6 Å². The van der Waals surface area contributed by atoms with Gasteiger partial charge in [0.2, 0.25) is 0 Å². The number of ether oxygens (including phenoxy) is 1. The third-order valence-corrected chi connectivity index (χ3v) is 10.1. The number of amides is 3. The Bertz CT molecular complexity index is 2240. The van der Waals surface area contributed by atoms with Crippen LogP contribution in [-0.2, 0) is 21.9 Å². The highest BCUT2D eigenvalue weighted by atomic mass is 32.2. The van der Waals surface area contributed by atoms with Crippen LogP contribution in [0.2, 0.25) is 0 Å². The van der Waals surface area contributed by atoms with Gasteiger partial charge in [-0.3, -0.25) is 9.59 Å². The van der Waals surface area contributed by atoms with E-state index in [1.54, 1.807) is 12.1 Å². The molecule has 234 valence electrons. The first-order chi connectivity index (χ1) is 22.0. The quantitative estimate of drug-likeness (QED) is 0.224. The van der Waals surface area contributed by atoms with E-state index in [9.17, 15) is 31.6 Å². The second-order valence-electron chi connectivity index (χ2n) is 11.3. The first-order valence-electron chi connectivity index (χ1n) is 14.4. The third-order valence-electron chi connectivity index (χ3n) is 8.39. The maximum atomic E-state index is 14.7. The molecule has 13 heteroatoms. The van der Waals surface area contributed by atoms with Crippen LogP contribution in [0.25, 0.3) is 22.0 Å². The van der Waals surface area contributed by atoms with E-state index in [4.69, 9.17) is 4.74 Å². The van der Waals surface area contributed by atoms with Gasteiger partial charge in [0.05, 0.1) is 10.6 Å². The summed E-state index contributed by atoms with van der Waals surface area (Å²) < 4.78 is 63.9. The number of nitrogens with zero attached hydrogens (tertiary/aromatic N) is 4. The summed E-state index contributed by atoms with van der Waals surface area (Å²) in [7, 11) is -2.75. The third kappa shape index (κ3) is 4.57. The van der Waals surface area contributed by atoms with E-state index in [1.165, 1.54) is 65.3 Å². The van der Waals surface area contributed by atoms with Crippen LogP contribution < -0.4 is 15.2 Å². The molecule has 0 saturated carbocycles. The van der Waals surface area contributed by atoms with E-state index in [0.717, 1.165) is 33.0 Å². The van der Waals surface area contributed by atoms with Crippen molar-refractivity contribution in [3.05, 3.63) is 107 Å². The predicted octanol–water partition coefficient (Wildman–Crippen LogP) is 5.55. The van der Waals surface area contributed by atoms with Crippen molar-refractivity contribution in [2.24, 2.45) is 7.05 Å². The lowest BCUT2D eigenvalue weighted by molar-refractivity contribution is -0.119. The lowest BCUT2D eigenvalue weighted by Gasteiger charge is -2.19. The van der Waals surface area contributed by atoms with Gasteiger partial charge in [-0.25, -0.2) is 30.9 Å². The molecule has 3 aromatic carbocycles. The number of anilines is 1. The average Bonchev–Trinajstić information content (AvgIpc) is 3.75. The molecule has 0 aliphatic carbocycles. The van der Waals surface area contributed by atoms with Gasteiger partial charge in [-0.15, -0.1) is 0 Å². The van der Waals surface area contributed by atoms with Crippen LogP contribution in [0.5, 0.6) is 11.5 Å². The van der Waals surface area contributed by atoms with Crippen molar-refractivity contribution < 1.29 is 31.5 Å². The Morgan fingerprint density at radius 2 is 1.63 bits per heavy atom. The van der Waals surface area contributed by atoms with Crippen LogP contribution in [0.1, 0.15) is 18.4 Å². The highest BCUT2D eigenvalue weighted by molar-refractivity contribution is 7.90. The van der Waals surface area contributed by atoms with Crippen LogP contribution in [0.15, 0.2) is 88.8 Å². The fraction of sp³-hybridized carbons (Fsp3) is 0.182. The Kier molecular flexibility index (Phi) is 6.81. The molecule has 0 bridgehead atoms. The summed E-state index contributed by atoms with van der Waals surface area (Å²) in [5.41, 5.74) is 0.830. The number of carbonyl (C=O) groups is 2. The number of hydrogen-bond donors (Lipinski definition) is 0. The van der Waals surface area contributed by atoms with Crippen molar-refractivity contribution in [3.63, 3.8) is 0 Å². The van der Waals surface area contributed by atoms with E-state index in [1.807, 2.05) is 6.92 Å². The second kappa shape index (κ2) is 10.7. The lowest BCUT2D eigenvalue weighted by atomic mass is 10.0. The molecular weight excluding hydrogens is 618 g/mol. The van der Waals surface area contributed by atoms with Crippen molar-refractivity contribution in [2.75, 3.05) is 11.4 Å². The normalized spacial score (nSPS) is 16.5. The van der Waals surface area contributed by atoms with Crippen LogP contribution in [-0.4, -0.2) is 46.4 Å². The van der Waals surface area contributed by atoms with Crippen molar-refractivity contribution in [2.45, 2.75) is 30.7 Å². The molecule has 10 nitrogen and oxygen atoms in total. The maximum absolute atomic E-state index is 14.7. The Hall–Kier alpha value is -5.30. The number of imide groups is 1. The van der Waals surface area contributed by atoms with Gasteiger partial charge in [-0.2, -0.15) is 0 Å². The van der Waals surface area contributed by atoms with Crippen molar-refractivity contribution in [1.29, 1.82) is 0 Å². The topological polar surface area (TPSA) is 111 Å². The van der Waals surface area contributed by atoms with Crippen LogP contribution in [0.3, 0.4) is 0 Å². The fourth-order valence-corrected chi connectivity index (χ4v) is 7.41. The van der Waals surface area contributed by atoms with Crippen molar-refractivity contribution in [1.82, 2.24) is 13.4 Å². The zero-order valence-corrected chi connectivity index (χ0v) is 25.4. The summed E-state index contributed by atoms with van der Waals surface area (Å²) in [6.45, 7) is 2.27. The minimum Gasteiger partial charge on any atom is -0.454 e. The van der Waals surface area contributed by atoms with Crippen molar-refractivity contribution in [3.8, 4) is 22.6 Å². The van der Waals surface area contributed by atoms with Gasteiger partial charge in [0.15, 0.2) is 11.6 Å². The zero-order valence-electron chi connectivity index (χ0n) is 24.6. The molecule has 2 aliphatic heterocycles. The number of hydrogen-bond acceptors (Lipinski definition) is 6. The summed E-state index contributed by atoms with van der Waals surface area (Å²) in [6.07, 6.45) is 4.00. The predicted molar refractivity (Wildman–Crippen MR) is 165 cm³/mol. The summed E-state index contributed by atoms with van der Waals surface area (Å²) in [5, 5.41) is 0.222. The molecule has 3 amide bonds. The number of pyridine rings is 1. The average molecular weight is 645 g/mol. The van der Waals surface area contributed by atoms with Gasteiger partial charge in [0, 0.05) is 48.6 Å². The first-order valence-corrected chi connectivity index (χ1v) is 15.8. The van der Waals surface area contributed by atoms with Gasteiger partial charge < -0.3 is 14.2 Å². The summed E-state index contributed by atoms with van der Waals surface area (Å²) in [4.78, 5) is 42.7. The number of halogens is 2. The minimum absolute atomic E-state index is 0.0209. The van der Waals surface area contributed by atoms with E-state index in [2.05, 4.69) is 0 Å². The van der Waals surface area contributed by atoms with Gasteiger partial charge in [-0.1, -0.05) is 17.7 Å². The number of carbonyl (C=O) groups excluding carboxylic acids is 2. The molecule has 0 N–H and O–H groups in total. The van der Waals surface area contributed by atoms with E-state index in [-0.39, 0.29) is 44.5 Å². The Balaban J connectivity index is 1.44. The smallest absolute Gasteiger partial charge is 0.332 e. The molecule has 2 aromatic heterocycles. The number of aromatic nitrogens is 2. The van der Waals surface area contributed by atoms with Gasteiger partial charge in [0.25, 0.3) is 21.5 Å². The fourth-order valence-electron chi connectivity index (χ4n) is 6.06. The molecule has 0 radical (unpaired) electrons. The molecule has 0 spiro atoms. The van der Waals surface area contributed by atoms with Crippen LogP contribution >= 0.6 is 0 Å². The number of rotatable bonds is 6. The standard InChI is InChI=1S/C33H26F2N4O6S/c1-19-5-9-22(10-6-19)46(43,44)38-15-13-23-25(18-36(2)32(41)30(23)38)24-17-21(39-31(40)27-4-3-14-37(27)33(39)42)8-12-28(24)45-29-11-7-20(34)16-26(29)35/h5-13,15-18,27H,3-4,14H2,1-2H3/t27-/m0/s1. The van der Waals surface area contributed by atoms with Gasteiger partial charge >= 0.3 is 6.03 Å². The van der Waals surface area contributed by atoms with Gasteiger partial charge in [0.1, 0.15) is 23.1 Å². The molecule has 2 saturated heterocycles. The molecular formula is C33H26F2N4O6S. The summed E-state index contributed by atoms with van der Waals surface area (Å²) in [5.74, 6) is -2.41. The monoisotopic (exact) mass is 644 g/mol. The SMILES string of the molecule is Cc1ccc(S(=O)(=O)n2ccc3c(-c4cc(N5C(=O)[C@@H]6CCCN6C5=O)ccc4Oc4ccc(F)cc4F)cn(C)c(=O)c32)cc1. The van der Waals surface area contributed by atoms with E-state index < -0.39 is 39.3 Å². The first kappa shape index (κ1) is 29.4. The molecule has 7 rings (SSSR count). The van der Waals surface area contributed by atoms with Crippen molar-refractivity contribution >= 4 is 38.6 Å². The van der Waals surface area contributed by atoms with E-state index >= 15 is 0 Å². The van der Waals surface area contributed by atoms with Crippen LogP contribution in [0.4, 0.5) is 19.3 Å². The largest absolute Gasteiger partial charge is 0.454 e. The Labute approximate surface area is 261 Å². The Morgan fingerprint density at radius 3 is 2.35 bits per heavy atom. The molecule has 5 aromatic rings. The number of urea groups is 1. The summed E-state index contributed by atoms with van der Waals surface area (Å²) >= 11 is 0. The summed E-state index contributed by atoms with van der Waals surface area (Å²) in [6, 6.07) is 13.9. The van der Waals surface area contributed by atoms with Gasteiger partial charge in [-0.05, 0) is 68.3 Å². The Morgan fingerprint density at radius 1 is 0.891 bits per heavy atom. The molecule has 1 atom stereocenters. The molecule has 2 fully saturated rings. The molecule has 4 heterocycles. The zero-order chi connectivity index (χ0) is 32.5. The highest BCUT2D eigenvalue weighted by Crippen LogP contribution is 2.42. The maximum Gasteiger partial charge on any atom is 0.332 e. The number of fused-ring (bicyclic) bond motifs is 2. The molecule has 2 aliphatic rings. The second-order valence-corrected chi connectivity index (χ2v) is 13.1. The minimum atomic E-state index is -4.21. The number of aryl methyl sites for hydroxylation is 2. The lowest BCUT2D eigenvalue weighted by Crippen LogP contribution is -2.33. The number of benzene rings is 3. The molecule has 46 heavy (non-hydrogen) atoms. The van der Waals surface area contributed by atoms with Crippen LogP contribution in [0, 0.1) is 18.6 Å². The molecule has 0 unspecified atom stereocenters. The highest BCUT2D eigenvalue weighted by Gasteiger charge is 2.48.